The molecule has 6 nitrogen and oxygen atoms in total. The first kappa shape index (κ1) is 14.8. The van der Waals surface area contributed by atoms with Gasteiger partial charge in [-0.2, -0.15) is 4.98 Å². The first-order valence-corrected chi connectivity index (χ1v) is 6.22. The van der Waals surface area contributed by atoms with E-state index >= 15 is 0 Å². The molecular formula is C14H16FN3O3. The van der Waals surface area contributed by atoms with Crippen molar-refractivity contribution in [2.24, 2.45) is 0 Å². The summed E-state index contributed by atoms with van der Waals surface area (Å²) in [7, 11) is 4.70. The maximum atomic E-state index is 13.2. The van der Waals surface area contributed by atoms with E-state index in [4.69, 9.17) is 14.2 Å². The molecule has 0 spiro atoms. The normalized spacial score (nSPS) is 10.1. The summed E-state index contributed by atoms with van der Waals surface area (Å²) in [6, 6.07) is 5.50. The second-order valence-electron chi connectivity index (χ2n) is 4.08. The zero-order valence-corrected chi connectivity index (χ0v) is 12.0. The van der Waals surface area contributed by atoms with Crippen LogP contribution >= 0.6 is 0 Å². The number of ether oxygens (including phenoxy) is 3. The highest BCUT2D eigenvalue weighted by Gasteiger charge is 2.08. The fourth-order valence-electron chi connectivity index (χ4n) is 1.71. The lowest BCUT2D eigenvalue weighted by Crippen LogP contribution is -2.04. The lowest BCUT2D eigenvalue weighted by molar-refractivity contribution is 0.278. The van der Waals surface area contributed by atoms with Crippen LogP contribution in [0, 0.1) is 5.82 Å². The molecule has 2 rings (SSSR count). The highest BCUT2D eigenvalue weighted by Crippen LogP contribution is 2.27. The van der Waals surface area contributed by atoms with Crippen LogP contribution < -0.4 is 19.5 Å². The molecule has 0 saturated heterocycles. The summed E-state index contributed by atoms with van der Waals surface area (Å²) in [6.07, 6.45) is 1.06. The standard InChI is InChI=1S/C14H16FN3O3/c1-16-13-10(15)7-17-14(18-13)21-8-9-4-5-11(19-2)12(6-9)20-3/h4-7H,8H2,1-3H3,(H,16,17,18). The predicted molar refractivity (Wildman–Crippen MR) is 75.4 cm³/mol. The lowest BCUT2D eigenvalue weighted by Gasteiger charge is -2.10. The second kappa shape index (κ2) is 6.74. The van der Waals surface area contributed by atoms with E-state index in [1.54, 1.807) is 33.4 Å². The maximum absolute atomic E-state index is 13.2. The van der Waals surface area contributed by atoms with Crippen molar-refractivity contribution in [1.82, 2.24) is 9.97 Å². The van der Waals surface area contributed by atoms with E-state index in [0.29, 0.717) is 11.5 Å². The number of aromatic nitrogens is 2. The maximum Gasteiger partial charge on any atom is 0.318 e. The molecule has 0 unspecified atom stereocenters. The molecule has 1 aromatic heterocycles. The number of halogens is 1. The Hall–Kier alpha value is -2.57. The molecule has 0 radical (unpaired) electrons. The van der Waals surface area contributed by atoms with Gasteiger partial charge < -0.3 is 19.5 Å². The molecule has 0 amide bonds. The molecule has 0 bridgehead atoms. The molecule has 112 valence electrons. The Labute approximate surface area is 121 Å². The number of methoxy groups -OCH3 is 2. The van der Waals surface area contributed by atoms with Crippen molar-refractivity contribution in [2.75, 3.05) is 26.6 Å². The van der Waals surface area contributed by atoms with Crippen LogP contribution in [0.4, 0.5) is 10.2 Å². The van der Waals surface area contributed by atoms with Crippen molar-refractivity contribution in [1.29, 1.82) is 0 Å². The van der Waals surface area contributed by atoms with Crippen LogP contribution in [0.25, 0.3) is 0 Å². The van der Waals surface area contributed by atoms with E-state index in [2.05, 4.69) is 15.3 Å². The van der Waals surface area contributed by atoms with Crippen LogP contribution in [0.2, 0.25) is 0 Å². The molecule has 7 heteroatoms. The van der Waals surface area contributed by atoms with Gasteiger partial charge in [-0.15, -0.1) is 0 Å². The quantitative estimate of drug-likeness (QED) is 0.881. The third-order valence-corrected chi connectivity index (χ3v) is 2.77. The number of hydrogen-bond donors (Lipinski definition) is 1. The Bertz CT molecular complexity index is 622. The Morgan fingerprint density at radius 2 is 1.95 bits per heavy atom. The molecule has 21 heavy (non-hydrogen) atoms. The number of hydrogen-bond acceptors (Lipinski definition) is 6. The highest BCUT2D eigenvalue weighted by molar-refractivity contribution is 5.42. The first-order chi connectivity index (χ1) is 10.2. The second-order valence-corrected chi connectivity index (χ2v) is 4.08. The van der Waals surface area contributed by atoms with Crippen molar-refractivity contribution in [2.45, 2.75) is 6.61 Å². The van der Waals surface area contributed by atoms with Crippen molar-refractivity contribution in [3.63, 3.8) is 0 Å². The predicted octanol–water partition coefficient (Wildman–Crippen LogP) is 2.25. The zero-order valence-electron chi connectivity index (χ0n) is 12.0. The summed E-state index contributed by atoms with van der Waals surface area (Å²) >= 11 is 0. The molecule has 0 aliphatic rings. The van der Waals surface area contributed by atoms with Crippen molar-refractivity contribution in [3.05, 3.63) is 35.8 Å². The van der Waals surface area contributed by atoms with Gasteiger partial charge in [-0.1, -0.05) is 6.07 Å². The Morgan fingerprint density at radius 1 is 1.19 bits per heavy atom. The van der Waals surface area contributed by atoms with Gasteiger partial charge in [-0.3, -0.25) is 0 Å². The van der Waals surface area contributed by atoms with Crippen LogP contribution in [0.3, 0.4) is 0 Å². The van der Waals surface area contributed by atoms with E-state index in [9.17, 15) is 4.39 Å². The van der Waals surface area contributed by atoms with Crippen LogP contribution in [0.5, 0.6) is 17.5 Å². The minimum Gasteiger partial charge on any atom is -0.493 e. The van der Waals surface area contributed by atoms with Crippen molar-refractivity contribution < 1.29 is 18.6 Å². The van der Waals surface area contributed by atoms with E-state index in [1.807, 2.05) is 6.07 Å². The molecule has 0 saturated carbocycles. The van der Waals surface area contributed by atoms with Gasteiger partial charge in [0.05, 0.1) is 20.4 Å². The number of rotatable bonds is 6. The molecular weight excluding hydrogens is 277 g/mol. The number of benzene rings is 1. The molecule has 1 heterocycles. The molecule has 1 N–H and O–H groups in total. The van der Waals surface area contributed by atoms with Gasteiger partial charge >= 0.3 is 6.01 Å². The van der Waals surface area contributed by atoms with Crippen LogP contribution in [0.1, 0.15) is 5.56 Å². The van der Waals surface area contributed by atoms with Crippen molar-refractivity contribution >= 4 is 5.82 Å². The molecule has 0 aliphatic carbocycles. The van der Waals surface area contributed by atoms with Crippen LogP contribution in [0.15, 0.2) is 24.4 Å². The van der Waals surface area contributed by atoms with E-state index in [0.717, 1.165) is 11.8 Å². The molecule has 0 atom stereocenters. The summed E-state index contributed by atoms with van der Waals surface area (Å²) in [5.74, 6) is 0.801. The van der Waals surface area contributed by atoms with Gasteiger partial charge in [0, 0.05) is 7.05 Å². The molecule has 0 fully saturated rings. The van der Waals surface area contributed by atoms with Crippen LogP contribution in [-0.4, -0.2) is 31.2 Å². The third-order valence-electron chi connectivity index (χ3n) is 2.77. The zero-order chi connectivity index (χ0) is 15.2. The van der Waals surface area contributed by atoms with Gasteiger partial charge in [0.2, 0.25) is 0 Å². The Kier molecular flexibility index (Phi) is 4.76. The van der Waals surface area contributed by atoms with Crippen molar-refractivity contribution in [3.8, 4) is 17.5 Å². The van der Waals surface area contributed by atoms with E-state index < -0.39 is 5.82 Å². The monoisotopic (exact) mass is 293 g/mol. The number of anilines is 1. The largest absolute Gasteiger partial charge is 0.493 e. The first-order valence-electron chi connectivity index (χ1n) is 6.22. The highest BCUT2D eigenvalue weighted by atomic mass is 19.1. The number of nitrogens with zero attached hydrogens (tertiary/aromatic N) is 2. The molecule has 1 aromatic carbocycles. The van der Waals surface area contributed by atoms with Crippen LogP contribution in [-0.2, 0) is 6.61 Å². The average Bonchev–Trinajstić information content (AvgIpc) is 2.53. The van der Waals surface area contributed by atoms with E-state index in [-0.39, 0.29) is 18.4 Å². The fourth-order valence-corrected chi connectivity index (χ4v) is 1.71. The van der Waals surface area contributed by atoms with Gasteiger partial charge in [-0.25, -0.2) is 9.37 Å². The lowest BCUT2D eigenvalue weighted by atomic mass is 10.2. The minimum absolute atomic E-state index is 0.0901. The summed E-state index contributed by atoms with van der Waals surface area (Å²) < 4.78 is 29.0. The summed E-state index contributed by atoms with van der Waals surface area (Å²) in [5, 5.41) is 2.62. The average molecular weight is 293 g/mol. The fraction of sp³-hybridized carbons (Fsp3) is 0.286. The smallest absolute Gasteiger partial charge is 0.318 e. The van der Waals surface area contributed by atoms with Gasteiger partial charge in [-0.05, 0) is 17.7 Å². The van der Waals surface area contributed by atoms with Gasteiger partial charge in [0.25, 0.3) is 0 Å². The SMILES string of the molecule is CNc1nc(OCc2ccc(OC)c(OC)c2)ncc1F. The molecule has 2 aromatic rings. The number of nitrogens with one attached hydrogen (secondary N) is 1. The van der Waals surface area contributed by atoms with Gasteiger partial charge in [0.1, 0.15) is 6.61 Å². The minimum atomic E-state index is -0.532. The summed E-state index contributed by atoms with van der Waals surface area (Å²) in [4.78, 5) is 7.68. The third kappa shape index (κ3) is 3.50. The Morgan fingerprint density at radius 3 is 2.62 bits per heavy atom. The molecule has 0 aliphatic heterocycles. The van der Waals surface area contributed by atoms with E-state index in [1.165, 1.54) is 0 Å². The Balaban J connectivity index is 2.09. The summed E-state index contributed by atoms with van der Waals surface area (Å²) in [6.45, 7) is 0.231. The van der Waals surface area contributed by atoms with Gasteiger partial charge in [0.15, 0.2) is 23.1 Å². The summed E-state index contributed by atoms with van der Waals surface area (Å²) in [5.41, 5.74) is 0.853. The topological polar surface area (TPSA) is 65.5 Å².